The second kappa shape index (κ2) is 8.88. The van der Waals surface area contributed by atoms with Crippen molar-refractivity contribution in [3.05, 3.63) is 34.9 Å². The third kappa shape index (κ3) is 4.41. The van der Waals surface area contributed by atoms with Crippen molar-refractivity contribution < 1.29 is 19.2 Å². The van der Waals surface area contributed by atoms with Crippen molar-refractivity contribution in [3.63, 3.8) is 0 Å². The van der Waals surface area contributed by atoms with Gasteiger partial charge in [-0.2, -0.15) is 0 Å². The van der Waals surface area contributed by atoms with Crippen LogP contribution in [-0.2, 0) is 16.1 Å². The van der Waals surface area contributed by atoms with Gasteiger partial charge in [-0.1, -0.05) is 26.0 Å². The minimum Gasteiger partial charge on any atom is -0.314 e. The Kier molecular flexibility index (Phi) is 6.20. The summed E-state index contributed by atoms with van der Waals surface area (Å²) >= 11 is 0. The zero-order chi connectivity index (χ0) is 22.1. The van der Waals surface area contributed by atoms with Gasteiger partial charge in [0, 0.05) is 25.6 Å². The third-order valence-electron chi connectivity index (χ3n) is 6.37. The van der Waals surface area contributed by atoms with Gasteiger partial charge < -0.3 is 5.32 Å². The van der Waals surface area contributed by atoms with Crippen molar-refractivity contribution >= 4 is 23.6 Å². The number of hydrogen-bond acceptors (Lipinski definition) is 6. The van der Waals surface area contributed by atoms with Crippen LogP contribution in [0.4, 0.5) is 0 Å². The maximum atomic E-state index is 13.2. The van der Waals surface area contributed by atoms with Crippen LogP contribution >= 0.6 is 0 Å². The highest BCUT2D eigenvalue weighted by atomic mass is 16.2. The maximum absolute atomic E-state index is 13.2. The highest BCUT2D eigenvalue weighted by Crippen LogP contribution is 2.31. The summed E-state index contributed by atoms with van der Waals surface area (Å²) in [7, 11) is 0. The van der Waals surface area contributed by atoms with Crippen LogP contribution in [0.3, 0.4) is 0 Å². The van der Waals surface area contributed by atoms with E-state index in [0.29, 0.717) is 29.6 Å². The summed E-state index contributed by atoms with van der Waals surface area (Å²) in [6, 6.07) is 4.87. The Hall–Kier alpha value is -2.58. The number of rotatable bonds is 6. The van der Waals surface area contributed by atoms with Crippen LogP contribution in [-0.4, -0.2) is 65.1 Å². The quantitative estimate of drug-likeness (QED) is 0.666. The molecule has 0 saturated carbocycles. The lowest BCUT2D eigenvalue weighted by Crippen LogP contribution is -2.54. The van der Waals surface area contributed by atoms with Crippen molar-refractivity contribution in [2.24, 2.45) is 5.92 Å². The van der Waals surface area contributed by atoms with E-state index in [1.807, 2.05) is 6.07 Å². The number of carbonyl (C=O) groups is 4. The van der Waals surface area contributed by atoms with E-state index in [4.69, 9.17) is 0 Å². The Morgan fingerprint density at radius 1 is 1.13 bits per heavy atom. The number of likely N-dealkylation sites (tertiary alicyclic amines) is 1. The minimum atomic E-state index is -0.931. The van der Waals surface area contributed by atoms with Gasteiger partial charge in [-0.3, -0.25) is 34.3 Å². The number of carbonyl (C=O) groups excluding carboxylic acids is 4. The first-order chi connectivity index (χ1) is 14.8. The lowest BCUT2D eigenvalue weighted by atomic mass is 9.96. The number of imide groups is 2. The van der Waals surface area contributed by atoms with Gasteiger partial charge >= 0.3 is 0 Å². The molecule has 2 fully saturated rings. The number of fused-ring (bicyclic) bond motifs is 1. The monoisotopic (exact) mass is 426 g/mol. The predicted molar refractivity (Wildman–Crippen MR) is 114 cm³/mol. The van der Waals surface area contributed by atoms with Crippen LogP contribution < -0.4 is 10.6 Å². The van der Waals surface area contributed by atoms with Gasteiger partial charge in [-0.15, -0.1) is 0 Å². The standard InChI is InChI=1S/C23H30N4O4/c1-14(2)24-11-15-5-4-10-26(12-15)13-16-6-3-7-17-20(16)23(31)27(22(17)30)18-8-9-19(28)25-21(18)29/h3,6-7,14-15,18,24H,4-5,8-13H2,1-2H3,(H,25,28,29). The molecule has 2 N–H and O–H groups in total. The molecule has 0 spiro atoms. The van der Waals surface area contributed by atoms with Crippen LogP contribution in [0, 0.1) is 5.92 Å². The SMILES string of the molecule is CC(C)NCC1CCCN(Cc2cccc3c2C(=O)N(C2CCC(=O)NC2=O)C3=O)C1. The van der Waals surface area contributed by atoms with Crippen LogP contribution in [0.25, 0.3) is 0 Å². The summed E-state index contributed by atoms with van der Waals surface area (Å²) < 4.78 is 0. The molecule has 0 aromatic heterocycles. The second-order valence-electron chi connectivity index (χ2n) is 9.09. The van der Waals surface area contributed by atoms with E-state index in [2.05, 4.69) is 29.4 Å². The Morgan fingerprint density at radius 2 is 1.94 bits per heavy atom. The molecule has 8 heteroatoms. The molecule has 8 nitrogen and oxygen atoms in total. The molecule has 1 aromatic rings. The molecule has 2 unspecified atom stereocenters. The van der Waals surface area contributed by atoms with Crippen LogP contribution in [0.15, 0.2) is 18.2 Å². The molecule has 2 saturated heterocycles. The van der Waals surface area contributed by atoms with Gasteiger partial charge in [0.2, 0.25) is 11.8 Å². The molecule has 4 rings (SSSR count). The Bertz CT molecular complexity index is 913. The first-order valence-corrected chi connectivity index (χ1v) is 11.1. The highest BCUT2D eigenvalue weighted by Gasteiger charge is 2.45. The molecule has 2 atom stereocenters. The molecular weight excluding hydrogens is 396 g/mol. The Morgan fingerprint density at radius 3 is 2.68 bits per heavy atom. The predicted octanol–water partition coefficient (Wildman–Crippen LogP) is 1.30. The average molecular weight is 427 g/mol. The van der Waals surface area contributed by atoms with E-state index in [9.17, 15) is 19.2 Å². The lowest BCUT2D eigenvalue weighted by molar-refractivity contribution is -0.136. The van der Waals surface area contributed by atoms with E-state index >= 15 is 0 Å². The van der Waals surface area contributed by atoms with E-state index in [-0.39, 0.29) is 18.7 Å². The van der Waals surface area contributed by atoms with Gasteiger partial charge in [0.25, 0.3) is 11.8 Å². The van der Waals surface area contributed by atoms with Crippen molar-refractivity contribution in [1.29, 1.82) is 0 Å². The molecule has 3 heterocycles. The van der Waals surface area contributed by atoms with E-state index in [0.717, 1.165) is 36.5 Å². The number of nitrogens with one attached hydrogen (secondary N) is 2. The zero-order valence-electron chi connectivity index (χ0n) is 18.1. The van der Waals surface area contributed by atoms with Crippen molar-refractivity contribution in [2.75, 3.05) is 19.6 Å². The highest BCUT2D eigenvalue weighted by molar-refractivity contribution is 6.24. The molecule has 31 heavy (non-hydrogen) atoms. The summed E-state index contributed by atoms with van der Waals surface area (Å²) in [4.78, 5) is 53.4. The molecule has 0 radical (unpaired) electrons. The molecule has 3 aliphatic rings. The molecule has 0 aliphatic carbocycles. The van der Waals surface area contributed by atoms with Crippen molar-refractivity contribution in [3.8, 4) is 0 Å². The summed E-state index contributed by atoms with van der Waals surface area (Å²) in [6.45, 7) is 7.77. The number of benzene rings is 1. The molecule has 166 valence electrons. The average Bonchev–Trinajstić information content (AvgIpc) is 2.98. The fraction of sp³-hybridized carbons (Fsp3) is 0.565. The van der Waals surface area contributed by atoms with E-state index in [1.54, 1.807) is 12.1 Å². The van der Waals surface area contributed by atoms with Gasteiger partial charge in [-0.25, -0.2) is 0 Å². The molecule has 0 bridgehead atoms. The van der Waals surface area contributed by atoms with Gasteiger partial charge in [0.15, 0.2) is 0 Å². The second-order valence-corrected chi connectivity index (χ2v) is 9.09. The van der Waals surface area contributed by atoms with Crippen molar-refractivity contribution in [1.82, 2.24) is 20.4 Å². The van der Waals surface area contributed by atoms with Gasteiger partial charge in [0.05, 0.1) is 11.1 Å². The lowest BCUT2D eigenvalue weighted by Gasteiger charge is -2.33. The first kappa shape index (κ1) is 21.6. The topological polar surface area (TPSA) is 98.8 Å². The number of nitrogens with zero attached hydrogens (tertiary/aromatic N) is 2. The Balaban J connectivity index is 1.51. The minimum absolute atomic E-state index is 0.121. The van der Waals surface area contributed by atoms with Gasteiger partial charge in [0.1, 0.15) is 6.04 Å². The number of piperidine rings is 2. The van der Waals surface area contributed by atoms with Crippen LogP contribution in [0.2, 0.25) is 0 Å². The molecule has 4 amide bonds. The largest absolute Gasteiger partial charge is 0.314 e. The van der Waals surface area contributed by atoms with Gasteiger partial charge in [-0.05, 0) is 49.9 Å². The number of amides is 4. The Labute approximate surface area is 182 Å². The third-order valence-corrected chi connectivity index (χ3v) is 6.37. The molecular formula is C23H30N4O4. The summed E-state index contributed by atoms with van der Waals surface area (Å²) in [5.74, 6) is -1.27. The molecule has 3 aliphatic heterocycles. The maximum Gasteiger partial charge on any atom is 0.262 e. The van der Waals surface area contributed by atoms with E-state index in [1.165, 1.54) is 6.42 Å². The molecule has 1 aromatic carbocycles. The summed E-state index contributed by atoms with van der Waals surface area (Å²) in [6.07, 6.45) is 2.58. The fourth-order valence-corrected chi connectivity index (χ4v) is 4.82. The van der Waals surface area contributed by atoms with Crippen LogP contribution in [0.1, 0.15) is 65.8 Å². The fourth-order valence-electron chi connectivity index (χ4n) is 4.82. The van der Waals surface area contributed by atoms with Crippen LogP contribution in [0.5, 0.6) is 0 Å². The smallest absolute Gasteiger partial charge is 0.262 e. The summed E-state index contributed by atoms with van der Waals surface area (Å²) in [5.41, 5.74) is 1.57. The number of hydrogen-bond donors (Lipinski definition) is 2. The zero-order valence-corrected chi connectivity index (χ0v) is 18.1. The van der Waals surface area contributed by atoms with E-state index < -0.39 is 23.8 Å². The summed E-state index contributed by atoms with van der Waals surface area (Å²) in [5, 5.41) is 5.75. The first-order valence-electron chi connectivity index (χ1n) is 11.1. The van der Waals surface area contributed by atoms with Crippen molar-refractivity contribution in [2.45, 2.75) is 58.2 Å². The normalized spacial score (nSPS) is 24.7.